The average Bonchev–Trinajstić information content (AvgIpc) is 2.28. The number of hydrogen-bond donors (Lipinski definition) is 2. The number of carbonyl (C=O) groups is 1. The smallest absolute Gasteiger partial charge is 0.221 e. The molecule has 0 fully saturated rings. The van der Waals surface area contributed by atoms with E-state index >= 15 is 0 Å². The lowest BCUT2D eigenvalue weighted by Crippen LogP contribution is -2.32. The molecule has 0 bridgehead atoms. The highest BCUT2D eigenvalue weighted by Gasteiger charge is 2.06. The van der Waals surface area contributed by atoms with Gasteiger partial charge in [-0.15, -0.1) is 0 Å². The van der Waals surface area contributed by atoms with Crippen molar-refractivity contribution in [3.05, 3.63) is 35.9 Å². The summed E-state index contributed by atoms with van der Waals surface area (Å²) in [5.41, 5.74) is 1.32. The molecule has 0 aliphatic heterocycles. The van der Waals surface area contributed by atoms with Crippen LogP contribution in [-0.2, 0) is 11.2 Å². The van der Waals surface area contributed by atoms with Crippen LogP contribution >= 0.6 is 12.6 Å². The Hall–Kier alpha value is -0.960. The summed E-state index contributed by atoms with van der Waals surface area (Å²) in [4.78, 5) is 11.3. The van der Waals surface area contributed by atoms with Crippen molar-refractivity contribution in [1.82, 2.24) is 5.32 Å². The summed E-state index contributed by atoms with van der Waals surface area (Å²) in [6.45, 7) is 2.04. The molecule has 0 aliphatic rings. The van der Waals surface area contributed by atoms with Crippen molar-refractivity contribution in [3.63, 3.8) is 0 Å². The Morgan fingerprint density at radius 2 is 2.06 bits per heavy atom. The minimum absolute atomic E-state index is 0.0931. The predicted octanol–water partition coefficient (Wildman–Crippen LogP) is 2.44. The highest BCUT2D eigenvalue weighted by atomic mass is 32.1. The van der Waals surface area contributed by atoms with Gasteiger partial charge in [-0.1, -0.05) is 30.3 Å². The number of benzene rings is 1. The molecule has 1 aromatic rings. The van der Waals surface area contributed by atoms with Crippen molar-refractivity contribution < 1.29 is 4.79 Å². The van der Waals surface area contributed by atoms with Crippen molar-refractivity contribution in [2.24, 2.45) is 0 Å². The van der Waals surface area contributed by atoms with Crippen LogP contribution in [0, 0.1) is 0 Å². The molecule has 1 amide bonds. The van der Waals surface area contributed by atoms with E-state index in [1.54, 1.807) is 0 Å². The minimum atomic E-state index is 0.0931. The molecule has 88 valence electrons. The van der Waals surface area contributed by atoms with E-state index in [1.165, 1.54) is 5.56 Å². The maximum absolute atomic E-state index is 11.3. The van der Waals surface area contributed by atoms with Crippen LogP contribution in [0.1, 0.15) is 25.3 Å². The van der Waals surface area contributed by atoms with Gasteiger partial charge in [0.25, 0.3) is 0 Å². The van der Waals surface area contributed by atoms with Crippen molar-refractivity contribution >= 4 is 18.5 Å². The fourth-order valence-corrected chi connectivity index (χ4v) is 1.75. The van der Waals surface area contributed by atoms with Crippen molar-refractivity contribution in [2.45, 2.75) is 32.2 Å². The maximum Gasteiger partial charge on any atom is 0.221 e. The van der Waals surface area contributed by atoms with Gasteiger partial charge in [-0.25, -0.2) is 0 Å². The fraction of sp³-hybridized carbons (Fsp3) is 0.462. The molecular weight excluding hydrogens is 218 g/mol. The lowest BCUT2D eigenvalue weighted by Gasteiger charge is -2.13. The summed E-state index contributed by atoms with van der Waals surface area (Å²) in [6.07, 6.45) is 2.48. The van der Waals surface area contributed by atoms with E-state index in [9.17, 15) is 4.79 Å². The van der Waals surface area contributed by atoms with Crippen LogP contribution in [0.25, 0.3) is 0 Å². The van der Waals surface area contributed by atoms with Gasteiger partial charge in [0.1, 0.15) is 0 Å². The van der Waals surface area contributed by atoms with Crippen LogP contribution in [0.4, 0.5) is 0 Å². The second-order valence-corrected chi connectivity index (χ2v) is 4.41. The summed E-state index contributed by atoms with van der Waals surface area (Å²) in [7, 11) is 0. The molecule has 1 rings (SSSR count). The molecular formula is C13H19NOS. The highest BCUT2D eigenvalue weighted by Crippen LogP contribution is 2.04. The first-order chi connectivity index (χ1) is 7.72. The summed E-state index contributed by atoms with van der Waals surface area (Å²) in [6, 6.07) is 10.6. The average molecular weight is 237 g/mol. The third-order valence-electron chi connectivity index (χ3n) is 2.46. The number of amides is 1. The Bertz CT molecular complexity index is 313. The van der Waals surface area contributed by atoms with Crippen LogP contribution in [0.2, 0.25) is 0 Å². The molecule has 1 unspecified atom stereocenters. The number of thiol groups is 1. The number of rotatable bonds is 6. The lowest BCUT2D eigenvalue weighted by molar-refractivity contribution is -0.121. The zero-order chi connectivity index (χ0) is 11.8. The Balaban J connectivity index is 2.25. The summed E-state index contributed by atoms with van der Waals surface area (Å²) < 4.78 is 0. The molecule has 0 aromatic heterocycles. The lowest BCUT2D eigenvalue weighted by atomic mass is 10.1. The zero-order valence-corrected chi connectivity index (χ0v) is 10.5. The van der Waals surface area contributed by atoms with Crippen LogP contribution in [-0.4, -0.2) is 17.7 Å². The number of aryl methyl sites for hydroxylation is 1. The topological polar surface area (TPSA) is 29.1 Å². The molecule has 1 atom stereocenters. The van der Waals surface area contributed by atoms with E-state index in [-0.39, 0.29) is 11.9 Å². The van der Waals surface area contributed by atoms with E-state index in [2.05, 4.69) is 30.1 Å². The Labute approximate surface area is 103 Å². The van der Waals surface area contributed by atoms with Crippen LogP contribution in [0.3, 0.4) is 0 Å². The van der Waals surface area contributed by atoms with E-state index in [1.807, 2.05) is 25.1 Å². The Kier molecular flexibility index (Phi) is 6.01. The van der Waals surface area contributed by atoms with Crippen LogP contribution in [0.15, 0.2) is 30.3 Å². The maximum atomic E-state index is 11.3. The Morgan fingerprint density at radius 1 is 1.38 bits per heavy atom. The van der Waals surface area contributed by atoms with Gasteiger partial charge in [0.2, 0.25) is 5.91 Å². The summed E-state index contributed by atoms with van der Waals surface area (Å²) in [5.74, 6) is 0.701. The van der Waals surface area contributed by atoms with Gasteiger partial charge >= 0.3 is 0 Å². The van der Waals surface area contributed by atoms with E-state index in [0.29, 0.717) is 12.2 Å². The first-order valence-corrected chi connectivity index (χ1v) is 6.29. The first kappa shape index (κ1) is 13.1. The molecule has 0 aliphatic carbocycles. The van der Waals surface area contributed by atoms with Gasteiger partial charge in [-0.2, -0.15) is 12.6 Å². The van der Waals surface area contributed by atoms with Crippen molar-refractivity contribution in [3.8, 4) is 0 Å². The molecule has 0 saturated carbocycles. The van der Waals surface area contributed by atoms with Crippen molar-refractivity contribution in [2.75, 3.05) is 5.75 Å². The molecule has 0 saturated heterocycles. The van der Waals surface area contributed by atoms with E-state index in [4.69, 9.17) is 0 Å². The highest BCUT2D eigenvalue weighted by molar-refractivity contribution is 7.80. The summed E-state index contributed by atoms with van der Waals surface area (Å²) in [5, 5.41) is 2.96. The SMILES string of the molecule is CC(CCc1ccccc1)NC(=O)CCS. The molecule has 0 heterocycles. The van der Waals surface area contributed by atoms with Gasteiger partial charge in [-0.05, 0) is 31.1 Å². The van der Waals surface area contributed by atoms with Crippen LogP contribution in [0.5, 0.6) is 0 Å². The number of nitrogens with one attached hydrogen (secondary N) is 1. The quantitative estimate of drug-likeness (QED) is 0.731. The molecule has 0 radical (unpaired) electrons. The second-order valence-electron chi connectivity index (χ2n) is 3.97. The molecule has 3 heteroatoms. The normalized spacial score (nSPS) is 12.1. The van der Waals surface area contributed by atoms with Crippen molar-refractivity contribution in [1.29, 1.82) is 0 Å². The van der Waals surface area contributed by atoms with E-state index in [0.717, 1.165) is 12.8 Å². The zero-order valence-electron chi connectivity index (χ0n) is 9.65. The molecule has 2 nitrogen and oxygen atoms in total. The standard InChI is InChI=1S/C13H19NOS/c1-11(14-13(15)9-10-16)7-8-12-5-3-2-4-6-12/h2-6,11,16H,7-10H2,1H3,(H,14,15). The first-order valence-electron chi connectivity index (χ1n) is 5.66. The molecule has 1 aromatic carbocycles. The predicted molar refractivity (Wildman–Crippen MR) is 70.8 cm³/mol. The largest absolute Gasteiger partial charge is 0.354 e. The van der Waals surface area contributed by atoms with Gasteiger partial charge in [0.15, 0.2) is 0 Å². The van der Waals surface area contributed by atoms with Crippen LogP contribution < -0.4 is 5.32 Å². The third kappa shape index (κ3) is 5.21. The van der Waals surface area contributed by atoms with Gasteiger partial charge < -0.3 is 5.32 Å². The fourth-order valence-electron chi connectivity index (χ4n) is 1.55. The van der Waals surface area contributed by atoms with Gasteiger partial charge in [0, 0.05) is 12.5 Å². The molecule has 0 spiro atoms. The number of carbonyl (C=O) groups excluding carboxylic acids is 1. The Morgan fingerprint density at radius 3 is 2.69 bits per heavy atom. The number of hydrogen-bond acceptors (Lipinski definition) is 2. The minimum Gasteiger partial charge on any atom is -0.354 e. The van der Waals surface area contributed by atoms with E-state index < -0.39 is 0 Å². The van der Waals surface area contributed by atoms with Gasteiger partial charge in [0.05, 0.1) is 0 Å². The van der Waals surface area contributed by atoms with Gasteiger partial charge in [-0.3, -0.25) is 4.79 Å². The third-order valence-corrected chi connectivity index (χ3v) is 2.68. The molecule has 1 N–H and O–H groups in total. The monoisotopic (exact) mass is 237 g/mol. The summed E-state index contributed by atoms with van der Waals surface area (Å²) >= 11 is 4.03. The second kappa shape index (κ2) is 7.34. The molecule has 16 heavy (non-hydrogen) atoms.